The third kappa shape index (κ3) is 3.98. The molecule has 0 aliphatic carbocycles. The molecule has 0 fully saturated rings. The number of aryl methyl sites for hydroxylation is 2. The highest BCUT2D eigenvalue weighted by atomic mass is 16.5. The van der Waals surface area contributed by atoms with E-state index in [1.165, 1.54) is 0 Å². The van der Waals surface area contributed by atoms with Crippen LogP contribution < -0.4 is 4.74 Å². The monoisotopic (exact) mass is 279 g/mol. The van der Waals surface area contributed by atoms with E-state index >= 15 is 0 Å². The summed E-state index contributed by atoms with van der Waals surface area (Å²) in [6.45, 7) is 5.95. The molecule has 0 spiro atoms. The van der Waals surface area contributed by atoms with Crippen molar-refractivity contribution in [2.45, 2.75) is 27.2 Å². The normalized spacial score (nSPS) is 10.2. The van der Waals surface area contributed by atoms with E-state index in [-0.39, 0.29) is 12.5 Å². The molecule has 110 valence electrons. The molecular weight excluding hydrogens is 258 g/mol. The van der Waals surface area contributed by atoms with Crippen molar-refractivity contribution in [3.63, 3.8) is 0 Å². The Bertz CT molecular complexity index is 488. The minimum Gasteiger partial charge on any atom is -0.481 e. The van der Waals surface area contributed by atoms with Crippen molar-refractivity contribution >= 4 is 11.9 Å². The van der Waals surface area contributed by atoms with E-state index < -0.39 is 5.97 Å². The van der Waals surface area contributed by atoms with Crippen molar-refractivity contribution in [3.8, 4) is 5.75 Å². The van der Waals surface area contributed by atoms with Crippen LogP contribution in [0.3, 0.4) is 0 Å². The lowest BCUT2D eigenvalue weighted by molar-refractivity contribution is -0.139. The van der Waals surface area contributed by atoms with Gasteiger partial charge in [0.2, 0.25) is 0 Å². The third-order valence-corrected chi connectivity index (χ3v) is 2.95. The number of nitrogens with zero attached hydrogens (tertiary/aromatic N) is 1. The van der Waals surface area contributed by atoms with Gasteiger partial charge < -0.3 is 14.7 Å². The fourth-order valence-corrected chi connectivity index (χ4v) is 2.09. The van der Waals surface area contributed by atoms with Crippen LogP contribution in [0.5, 0.6) is 5.75 Å². The third-order valence-electron chi connectivity index (χ3n) is 2.95. The van der Waals surface area contributed by atoms with Gasteiger partial charge in [-0.2, -0.15) is 0 Å². The van der Waals surface area contributed by atoms with Crippen LogP contribution in [0.1, 0.15) is 34.8 Å². The largest absolute Gasteiger partial charge is 0.481 e. The Hall–Kier alpha value is -2.04. The number of benzene rings is 1. The Kier molecular flexibility index (Phi) is 5.55. The highest BCUT2D eigenvalue weighted by Gasteiger charge is 2.15. The Morgan fingerprint density at radius 1 is 1.25 bits per heavy atom. The maximum absolute atomic E-state index is 12.2. The molecule has 0 saturated carbocycles. The minimum absolute atomic E-state index is 0.0390. The first-order valence-electron chi connectivity index (χ1n) is 6.58. The highest BCUT2D eigenvalue weighted by Crippen LogP contribution is 2.25. The number of carboxylic acids is 1. The lowest BCUT2D eigenvalue weighted by Crippen LogP contribution is -2.27. The number of ether oxygens (including phenoxy) is 1. The van der Waals surface area contributed by atoms with Crippen molar-refractivity contribution < 1.29 is 19.4 Å². The number of carboxylic acid groups (broad SMARTS) is 1. The Morgan fingerprint density at radius 3 is 2.25 bits per heavy atom. The topological polar surface area (TPSA) is 66.8 Å². The SMILES string of the molecule is CCCN(C)C(=O)c1cc(C)c(OCC(=O)O)c(C)c1. The van der Waals surface area contributed by atoms with Crippen LogP contribution in [-0.2, 0) is 4.79 Å². The molecule has 0 saturated heterocycles. The summed E-state index contributed by atoms with van der Waals surface area (Å²) < 4.78 is 5.25. The molecule has 0 bridgehead atoms. The van der Waals surface area contributed by atoms with E-state index in [0.717, 1.165) is 17.5 Å². The quantitative estimate of drug-likeness (QED) is 0.867. The summed E-state index contributed by atoms with van der Waals surface area (Å²) >= 11 is 0. The molecule has 0 aliphatic rings. The number of hydrogen-bond donors (Lipinski definition) is 1. The zero-order valence-electron chi connectivity index (χ0n) is 12.4. The molecule has 1 aromatic rings. The van der Waals surface area contributed by atoms with Crippen molar-refractivity contribution in [1.29, 1.82) is 0 Å². The average molecular weight is 279 g/mol. The zero-order chi connectivity index (χ0) is 15.3. The fourth-order valence-electron chi connectivity index (χ4n) is 2.09. The summed E-state index contributed by atoms with van der Waals surface area (Å²) in [7, 11) is 1.77. The fraction of sp³-hybridized carbons (Fsp3) is 0.467. The zero-order valence-corrected chi connectivity index (χ0v) is 12.4. The van der Waals surface area contributed by atoms with Gasteiger partial charge in [0.1, 0.15) is 5.75 Å². The highest BCUT2D eigenvalue weighted by molar-refractivity contribution is 5.94. The van der Waals surface area contributed by atoms with Gasteiger partial charge in [-0.05, 0) is 43.5 Å². The van der Waals surface area contributed by atoms with Gasteiger partial charge in [-0.1, -0.05) is 6.92 Å². The van der Waals surface area contributed by atoms with Crippen LogP contribution in [0.2, 0.25) is 0 Å². The van der Waals surface area contributed by atoms with E-state index in [2.05, 4.69) is 0 Å². The number of carbonyl (C=O) groups is 2. The van der Waals surface area contributed by atoms with Crippen molar-refractivity contribution in [2.24, 2.45) is 0 Å². The second kappa shape index (κ2) is 6.93. The van der Waals surface area contributed by atoms with Gasteiger partial charge in [-0.15, -0.1) is 0 Å². The standard InChI is InChI=1S/C15H21NO4/c1-5-6-16(4)15(19)12-7-10(2)14(11(3)8-12)20-9-13(17)18/h7-8H,5-6,9H2,1-4H3,(H,17,18). The van der Waals surface area contributed by atoms with Gasteiger partial charge in [0.15, 0.2) is 6.61 Å². The minimum atomic E-state index is -1.02. The molecule has 1 N–H and O–H groups in total. The van der Waals surface area contributed by atoms with E-state index in [0.29, 0.717) is 17.9 Å². The van der Waals surface area contributed by atoms with E-state index in [9.17, 15) is 9.59 Å². The van der Waals surface area contributed by atoms with E-state index in [1.54, 1.807) is 37.9 Å². The molecule has 5 nitrogen and oxygen atoms in total. The van der Waals surface area contributed by atoms with Crippen molar-refractivity contribution in [2.75, 3.05) is 20.2 Å². The number of amides is 1. The molecule has 0 unspecified atom stereocenters. The maximum Gasteiger partial charge on any atom is 0.341 e. The van der Waals surface area contributed by atoms with Gasteiger partial charge in [0.25, 0.3) is 5.91 Å². The van der Waals surface area contributed by atoms with E-state index in [4.69, 9.17) is 9.84 Å². The predicted molar refractivity (Wildman–Crippen MR) is 76.3 cm³/mol. The maximum atomic E-state index is 12.2. The van der Waals surface area contributed by atoms with Crippen LogP contribution in [0.4, 0.5) is 0 Å². The number of aliphatic carboxylic acids is 1. The second-order valence-corrected chi connectivity index (χ2v) is 4.85. The van der Waals surface area contributed by atoms with Crippen molar-refractivity contribution in [3.05, 3.63) is 28.8 Å². The number of hydrogen-bond acceptors (Lipinski definition) is 3. The van der Waals surface area contributed by atoms with Crippen LogP contribution in [0.25, 0.3) is 0 Å². The van der Waals surface area contributed by atoms with Crippen LogP contribution >= 0.6 is 0 Å². The van der Waals surface area contributed by atoms with E-state index in [1.807, 2.05) is 6.92 Å². The molecular formula is C15H21NO4. The number of rotatable bonds is 6. The second-order valence-electron chi connectivity index (χ2n) is 4.85. The summed E-state index contributed by atoms with van der Waals surface area (Å²) in [6.07, 6.45) is 0.903. The molecule has 0 radical (unpaired) electrons. The lowest BCUT2D eigenvalue weighted by atomic mass is 10.0. The summed E-state index contributed by atoms with van der Waals surface area (Å²) in [4.78, 5) is 24.4. The summed E-state index contributed by atoms with van der Waals surface area (Å²) in [5.41, 5.74) is 2.12. The Balaban J connectivity index is 2.98. The van der Waals surface area contributed by atoms with Gasteiger partial charge in [0.05, 0.1) is 0 Å². The first-order valence-corrected chi connectivity index (χ1v) is 6.58. The molecule has 0 aromatic heterocycles. The van der Waals surface area contributed by atoms with Gasteiger partial charge in [0, 0.05) is 19.2 Å². The Labute approximate surface area is 119 Å². The van der Waals surface area contributed by atoms with Gasteiger partial charge >= 0.3 is 5.97 Å². The summed E-state index contributed by atoms with van der Waals surface area (Å²) in [5, 5.41) is 8.65. The van der Waals surface area contributed by atoms with Crippen LogP contribution in [0.15, 0.2) is 12.1 Å². The summed E-state index contributed by atoms with van der Waals surface area (Å²) in [5.74, 6) is -0.531. The molecule has 0 aliphatic heterocycles. The van der Waals surface area contributed by atoms with Crippen LogP contribution in [-0.4, -0.2) is 42.1 Å². The first-order chi connectivity index (χ1) is 9.36. The summed E-state index contributed by atoms with van der Waals surface area (Å²) in [6, 6.07) is 3.47. The van der Waals surface area contributed by atoms with Gasteiger partial charge in [-0.25, -0.2) is 4.79 Å². The average Bonchev–Trinajstić information content (AvgIpc) is 2.36. The van der Waals surface area contributed by atoms with Crippen LogP contribution in [0, 0.1) is 13.8 Å². The number of carbonyl (C=O) groups excluding carboxylic acids is 1. The molecule has 20 heavy (non-hydrogen) atoms. The molecule has 0 heterocycles. The molecule has 1 rings (SSSR count). The molecule has 5 heteroatoms. The molecule has 0 atom stereocenters. The van der Waals surface area contributed by atoms with Crippen molar-refractivity contribution in [1.82, 2.24) is 4.90 Å². The van der Waals surface area contributed by atoms with Gasteiger partial charge in [-0.3, -0.25) is 4.79 Å². The smallest absolute Gasteiger partial charge is 0.341 e. The molecule has 1 aromatic carbocycles. The first kappa shape index (κ1) is 16.0. The predicted octanol–water partition coefficient (Wildman–Crippen LogP) is 2.25. The lowest BCUT2D eigenvalue weighted by Gasteiger charge is -2.18. The molecule has 1 amide bonds. The Morgan fingerprint density at radius 2 is 1.80 bits per heavy atom.